The quantitative estimate of drug-likeness (QED) is 0.802. The lowest BCUT2D eigenvalue weighted by Gasteiger charge is -2.46. The molecule has 5 heteroatoms. The Hall–Kier alpha value is -1.20. The molecule has 114 valence electrons. The van der Waals surface area contributed by atoms with Crippen molar-refractivity contribution in [1.29, 1.82) is 0 Å². The predicted molar refractivity (Wildman–Crippen MR) is 82.6 cm³/mol. The van der Waals surface area contributed by atoms with Gasteiger partial charge in [-0.05, 0) is 23.0 Å². The van der Waals surface area contributed by atoms with E-state index in [1.165, 1.54) is 18.2 Å². The third-order valence-corrected chi connectivity index (χ3v) is 6.42. The van der Waals surface area contributed by atoms with E-state index in [0.717, 1.165) is 6.42 Å². The molecule has 1 fully saturated rings. The Labute approximate surface area is 127 Å². The van der Waals surface area contributed by atoms with Gasteiger partial charge in [0.15, 0.2) is 0 Å². The zero-order valence-electron chi connectivity index (χ0n) is 12.6. The van der Waals surface area contributed by atoms with Crippen molar-refractivity contribution >= 4 is 16.8 Å². The van der Waals surface area contributed by atoms with Crippen LogP contribution in [0, 0.1) is 0 Å². The summed E-state index contributed by atoms with van der Waals surface area (Å²) in [5.41, 5.74) is 2.45. The second kappa shape index (κ2) is 5.21. The highest BCUT2D eigenvalue weighted by Crippen LogP contribution is 2.45. The molecule has 0 aromatic heterocycles. The van der Waals surface area contributed by atoms with Gasteiger partial charge in [-0.2, -0.15) is 0 Å². The average molecular weight is 307 g/mol. The summed E-state index contributed by atoms with van der Waals surface area (Å²) in [5.74, 6) is 0.00985. The Bertz CT molecular complexity index is 599. The van der Waals surface area contributed by atoms with E-state index in [1.54, 1.807) is 0 Å². The van der Waals surface area contributed by atoms with E-state index < -0.39 is 16.8 Å². The van der Waals surface area contributed by atoms with Crippen molar-refractivity contribution in [2.24, 2.45) is 0 Å². The molecule has 1 N–H and O–H groups in total. The molecule has 0 spiro atoms. The summed E-state index contributed by atoms with van der Waals surface area (Å²) < 4.78 is 17.4. The molecule has 21 heavy (non-hydrogen) atoms. The maximum absolute atomic E-state index is 12.6. The third kappa shape index (κ3) is 2.42. The molecule has 4 nitrogen and oxygen atoms in total. The molecule has 4 unspecified atom stereocenters. The van der Waals surface area contributed by atoms with Gasteiger partial charge >= 0.3 is 5.97 Å². The van der Waals surface area contributed by atoms with Crippen molar-refractivity contribution in [2.45, 2.75) is 43.0 Å². The summed E-state index contributed by atoms with van der Waals surface area (Å²) in [6, 6.07) is 7.75. The van der Waals surface area contributed by atoms with E-state index >= 15 is 0 Å². The molecule has 1 aliphatic carbocycles. The van der Waals surface area contributed by atoms with Crippen molar-refractivity contribution in [2.75, 3.05) is 12.9 Å². The van der Waals surface area contributed by atoms with Crippen LogP contribution in [0.15, 0.2) is 24.3 Å². The minimum absolute atomic E-state index is 0.00714. The fourth-order valence-electron chi connectivity index (χ4n) is 3.59. The number of fused-ring (bicyclic) bond motifs is 3. The maximum Gasteiger partial charge on any atom is 0.323 e. The molecule has 1 aromatic rings. The number of nitrogens with one attached hydrogen (secondary N) is 1. The highest BCUT2D eigenvalue weighted by molar-refractivity contribution is 7.85. The first kappa shape index (κ1) is 14.7. The van der Waals surface area contributed by atoms with Crippen LogP contribution in [0.5, 0.6) is 0 Å². The van der Waals surface area contributed by atoms with Gasteiger partial charge in [-0.15, -0.1) is 0 Å². The zero-order valence-corrected chi connectivity index (χ0v) is 13.4. The van der Waals surface area contributed by atoms with E-state index in [1.807, 2.05) is 12.1 Å². The first-order valence-corrected chi connectivity index (χ1v) is 8.63. The number of ether oxygens (including phenoxy) is 1. The van der Waals surface area contributed by atoms with E-state index in [0.29, 0.717) is 5.75 Å². The Morgan fingerprint density at radius 2 is 2.10 bits per heavy atom. The number of esters is 1. The molecule has 1 heterocycles. The lowest BCUT2D eigenvalue weighted by molar-refractivity contribution is -0.142. The fourth-order valence-corrected chi connectivity index (χ4v) is 5.53. The second-order valence-electron chi connectivity index (χ2n) is 6.48. The van der Waals surface area contributed by atoms with Crippen LogP contribution in [-0.4, -0.2) is 34.3 Å². The Morgan fingerprint density at radius 3 is 2.81 bits per heavy atom. The minimum atomic E-state index is -1.03. The molecule has 0 bridgehead atoms. The Morgan fingerprint density at radius 1 is 1.38 bits per heavy atom. The standard InChI is InChI=1S/C16H21NO3S/c1-16(2)8-13-14(10-6-4-5-7-11(10)16)17-12(9-21(13)19)15(18)20-3/h4-7,12-14,17H,8-9H2,1-3H3. The molecule has 0 amide bonds. The molecular formula is C16H21NO3S. The second-order valence-corrected chi connectivity index (χ2v) is 8.18. The predicted octanol–water partition coefficient (Wildman–Crippen LogP) is 1.67. The topological polar surface area (TPSA) is 55.4 Å². The largest absolute Gasteiger partial charge is 0.468 e. The summed E-state index contributed by atoms with van der Waals surface area (Å²) in [5, 5.41) is 3.41. The summed E-state index contributed by atoms with van der Waals surface area (Å²) in [6.45, 7) is 4.40. The molecule has 1 aliphatic heterocycles. The molecule has 0 radical (unpaired) electrons. The van der Waals surface area contributed by atoms with Gasteiger partial charge in [-0.3, -0.25) is 14.3 Å². The van der Waals surface area contributed by atoms with Crippen LogP contribution in [-0.2, 0) is 25.7 Å². The fraction of sp³-hybridized carbons (Fsp3) is 0.562. The highest BCUT2D eigenvalue weighted by atomic mass is 32.2. The van der Waals surface area contributed by atoms with Crippen molar-refractivity contribution in [1.82, 2.24) is 5.32 Å². The van der Waals surface area contributed by atoms with Crippen LogP contribution in [0.3, 0.4) is 0 Å². The lowest BCUT2D eigenvalue weighted by atomic mass is 9.70. The molecule has 0 saturated carbocycles. The van der Waals surface area contributed by atoms with Crippen molar-refractivity contribution in [3.05, 3.63) is 35.4 Å². The molecule has 1 aromatic carbocycles. The van der Waals surface area contributed by atoms with Gasteiger partial charge in [-0.25, -0.2) is 0 Å². The number of hydrogen-bond acceptors (Lipinski definition) is 4. The van der Waals surface area contributed by atoms with Gasteiger partial charge in [0.1, 0.15) is 6.04 Å². The number of hydrogen-bond donors (Lipinski definition) is 1. The van der Waals surface area contributed by atoms with Gasteiger partial charge in [0.25, 0.3) is 0 Å². The van der Waals surface area contributed by atoms with Crippen LogP contribution in [0.1, 0.15) is 37.4 Å². The average Bonchev–Trinajstić information content (AvgIpc) is 2.47. The lowest BCUT2D eigenvalue weighted by Crippen LogP contribution is -2.57. The highest BCUT2D eigenvalue weighted by Gasteiger charge is 2.46. The molecule has 1 saturated heterocycles. The van der Waals surface area contributed by atoms with Crippen LogP contribution in [0.4, 0.5) is 0 Å². The molecule has 4 atom stereocenters. The Balaban J connectivity index is 2.02. The van der Waals surface area contributed by atoms with Crippen LogP contribution < -0.4 is 5.32 Å². The third-order valence-electron chi connectivity index (χ3n) is 4.64. The smallest absolute Gasteiger partial charge is 0.323 e. The van der Waals surface area contributed by atoms with Gasteiger partial charge in [0, 0.05) is 16.8 Å². The maximum atomic E-state index is 12.6. The van der Waals surface area contributed by atoms with Crippen LogP contribution >= 0.6 is 0 Å². The summed E-state index contributed by atoms with van der Waals surface area (Å²) >= 11 is 0. The van der Waals surface area contributed by atoms with E-state index in [-0.39, 0.29) is 22.7 Å². The zero-order chi connectivity index (χ0) is 15.2. The minimum Gasteiger partial charge on any atom is -0.468 e. The molecule has 3 rings (SSSR count). The van der Waals surface area contributed by atoms with Crippen molar-refractivity contribution < 1.29 is 13.7 Å². The van der Waals surface area contributed by atoms with Gasteiger partial charge < -0.3 is 4.74 Å². The summed E-state index contributed by atoms with van der Waals surface area (Å²) in [6.07, 6.45) is 0.863. The number of rotatable bonds is 1. The van der Waals surface area contributed by atoms with Gasteiger partial charge in [0.05, 0.1) is 18.1 Å². The monoisotopic (exact) mass is 307 g/mol. The SMILES string of the molecule is COC(=O)C1CS(=O)C2CC(C)(C)c3ccccc3C2N1. The van der Waals surface area contributed by atoms with Crippen LogP contribution in [0.25, 0.3) is 0 Å². The van der Waals surface area contributed by atoms with Gasteiger partial charge in [-0.1, -0.05) is 38.1 Å². The van der Waals surface area contributed by atoms with Gasteiger partial charge in [0.2, 0.25) is 0 Å². The number of carbonyl (C=O) groups is 1. The van der Waals surface area contributed by atoms with E-state index in [4.69, 9.17) is 4.74 Å². The first-order valence-electron chi connectivity index (χ1n) is 7.24. The van der Waals surface area contributed by atoms with Crippen LogP contribution in [0.2, 0.25) is 0 Å². The first-order chi connectivity index (χ1) is 9.94. The van der Waals surface area contributed by atoms with E-state index in [9.17, 15) is 9.00 Å². The van der Waals surface area contributed by atoms with E-state index in [2.05, 4.69) is 31.3 Å². The normalized spacial score (nSPS) is 33.7. The van der Waals surface area contributed by atoms with Crippen molar-refractivity contribution in [3.63, 3.8) is 0 Å². The van der Waals surface area contributed by atoms with Crippen molar-refractivity contribution in [3.8, 4) is 0 Å². The number of benzene rings is 1. The number of methoxy groups -OCH3 is 1. The summed E-state index contributed by atoms with van der Waals surface area (Å²) in [7, 11) is 0.346. The Kier molecular flexibility index (Phi) is 3.66. The molecular weight excluding hydrogens is 286 g/mol. The summed E-state index contributed by atoms with van der Waals surface area (Å²) in [4.78, 5) is 11.8. The molecule has 2 aliphatic rings. The number of carbonyl (C=O) groups excluding carboxylic acids is 1.